The standard InChI is InChI=1S/C26H34ClN3O3.C26H35F2N3O2.C26H34IN3O3.C20H21ClF3N3O/c1-4-8-19(2)29-15-13-22(14-16-29)30(18-20-9-6-5-7-10-20)26(32)28-24-12-11-21(17-23(24)27)25(31)33-3;1-4-10-20(2)30-17-15-22(16-18-30)31(19-21-11-6-5-7-12-21)25(32)29-23-13-8-9-14-24(23)33-26(3,27)28;1-4-8-19(2)29-15-13-22(14-16-29)30(18-20-9-6-5-7-10-20)26(32)28-24-12-11-21(17-23(24)27)25(31)33-3;21-16-5-1-3-14(11-16)13-27-9-7-17(8-10-27)25-19(28)26-18-6-2-4-15(12-18)20(22,23)24/h5-7,9-12,17,19,22H,4,8,13-16,18H2,1-3H3,(H,28,32);5-9,11-14,20,22H,4,10,15-19H2,1-3H3,(H,29,32);5-7,9-12,17,19,22H,4,8,13-16,18H2,1-3H3,(H,28,32);1-6,11-12,17H,7-10,13H2,(H2,25,26,28). The van der Waals surface area contributed by atoms with Crippen LogP contribution in [0.15, 0.2) is 200 Å². The molecule has 0 radical (unpaired) electrons. The van der Waals surface area contributed by atoms with E-state index in [9.17, 15) is 50.7 Å². The molecule has 8 aromatic carbocycles. The van der Waals surface area contributed by atoms with Crippen LogP contribution in [0.2, 0.25) is 10.0 Å². The van der Waals surface area contributed by atoms with Crippen molar-refractivity contribution in [2.45, 2.75) is 219 Å². The Balaban J connectivity index is 0.000000192. The predicted octanol–water partition coefficient (Wildman–Crippen LogP) is 23.1. The molecule has 29 heteroatoms. The third kappa shape index (κ3) is 32.8. The summed E-state index contributed by atoms with van der Waals surface area (Å²) in [5.74, 6) is -0.911. The average Bonchev–Trinajstić information content (AvgIpc) is 0.828. The molecule has 3 unspecified atom stereocenters. The molecule has 127 heavy (non-hydrogen) atoms. The zero-order valence-corrected chi connectivity index (χ0v) is 78.0. The Bertz CT molecular complexity index is 4600. The molecule has 8 amide bonds. The Morgan fingerprint density at radius 2 is 0.858 bits per heavy atom. The molecule has 4 aliphatic heterocycles. The fraction of sp³-hybridized carbons (Fsp3) is 0.449. The minimum Gasteiger partial charge on any atom is -0.465 e. The number of urea groups is 4. The summed E-state index contributed by atoms with van der Waals surface area (Å²) >= 11 is 14.5. The van der Waals surface area contributed by atoms with Gasteiger partial charge in [0.2, 0.25) is 0 Å². The number of likely N-dealkylation sites (tertiary alicyclic amines) is 4. The van der Waals surface area contributed by atoms with E-state index in [0.29, 0.717) is 77.2 Å². The van der Waals surface area contributed by atoms with E-state index in [1.54, 1.807) is 48.5 Å². The molecule has 5 N–H and O–H groups in total. The van der Waals surface area contributed by atoms with Crippen LogP contribution in [0.25, 0.3) is 0 Å². The number of halogens is 8. The van der Waals surface area contributed by atoms with Gasteiger partial charge >= 0.3 is 48.3 Å². The molecule has 4 fully saturated rings. The number of nitrogens with one attached hydrogen (secondary N) is 5. The van der Waals surface area contributed by atoms with Gasteiger partial charge in [-0.15, -0.1) is 0 Å². The monoisotopic (exact) mass is 1900 g/mol. The van der Waals surface area contributed by atoms with Crippen molar-refractivity contribution < 1.29 is 64.9 Å². The summed E-state index contributed by atoms with van der Waals surface area (Å²) < 4.78 is 80.3. The largest absolute Gasteiger partial charge is 0.465 e. The van der Waals surface area contributed by atoms with E-state index in [4.69, 9.17) is 37.4 Å². The highest BCUT2D eigenvalue weighted by molar-refractivity contribution is 14.1. The first kappa shape index (κ1) is 101. The number of carbonyl (C=O) groups is 6. The van der Waals surface area contributed by atoms with E-state index < -0.39 is 29.8 Å². The number of ether oxygens (including phenoxy) is 3. The van der Waals surface area contributed by atoms with Crippen LogP contribution in [0, 0.1) is 3.57 Å². The average molecular weight is 1910 g/mol. The number of rotatable bonds is 29. The molecule has 0 bridgehead atoms. The quantitative estimate of drug-likeness (QED) is 0.0168. The van der Waals surface area contributed by atoms with Crippen molar-refractivity contribution in [2.24, 2.45) is 0 Å². The van der Waals surface area contributed by atoms with Crippen molar-refractivity contribution in [2.75, 3.05) is 87.8 Å². The number of amides is 8. The SMILES string of the molecule is CCCC(C)N1CCC(N(Cc2ccccc2)C(=O)Nc2ccc(C(=O)OC)cc2Cl)CC1.CCCC(C)N1CCC(N(Cc2ccccc2)C(=O)Nc2ccc(C(=O)OC)cc2I)CC1.CCCC(C)N1CCC(N(Cc2ccccc2)C(=O)Nc2ccccc2OC(C)(F)F)CC1.O=C(Nc1cccc(C(F)(F)F)c1)NC1CCN(Cc2cccc(Cl)c2)CC1. The van der Waals surface area contributed by atoms with E-state index in [1.807, 2.05) is 118 Å². The van der Waals surface area contributed by atoms with Gasteiger partial charge in [-0.1, -0.05) is 185 Å². The Morgan fingerprint density at radius 1 is 0.457 bits per heavy atom. The van der Waals surface area contributed by atoms with Gasteiger partial charge < -0.3 is 70.2 Å². The normalized spacial score (nSPS) is 15.9. The lowest BCUT2D eigenvalue weighted by Gasteiger charge is -2.40. The van der Waals surface area contributed by atoms with Gasteiger partial charge in [0.1, 0.15) is 5.75 Å². The zero-order valence-electron chi connectivity index (χ0n) is 74.3. The van der Waals surface area contributed by atoms with E-state index in [2.05, 4.69) is 122 Å². The van der Waals surface area contributed by atoms with Crippen molar-refractivity contribution in [3.63, 3.8) is 0 Å². The van der Waals surface area contributed by atoms with Crippen LogP contribution in [0.3, 0.4) is 0 Å². The fourth-order valence-electron chi connectivity index (χ4n) is 16.5. The fourth-order valence-corrected chi connectivity index (χ4v) is 17.6. The lowest BCUT2D eigenvalue weighted by atomic mass is 10.00. The second kappa shape index (κ2) is 51.0. The number of esters is 2. The second-order valence-electron chi connectivity index (χ2n) is 33.0. The molecule has 21 nitrogen and oxygen atoms in total. The molecule has 0 spiro atoms. The van der Waals surface area contributed by atoms with Crippen LogP contribution in [-0.2, 0) is 41.8 Å². The summed E-state index contributed by atoms with van der Waals surface area (Å²) in [6, 6.07) is 59.5. The maximum atomic E-state index is 13.5. The lowest BCUT2D eigenvalue weighted by Crippen LogP contribution is -2.50. The maximum absolute atomic E-state index is 13.5. The molecule has 0 saturated carbocycles. The molecular weight excluding hydrogens is 1780 g/mol. The van der Waals surface area contributed by atoms with Gasteiger partial charge in [0.25, 0.3) is 0 Å². The van der Waals surface area contributed by atoms with Gasteiger partial charge in [0.05, 0.1) is 53.0 Å². The summed E-state index contributed by atoms with van der Waals surface area (Å²) in [7, 11) is 2.68. The first-order chi connectivity index (χ1) is 60.9. The van der Waals surface area contributed by atoms with Gasteiger partial charge in [-0.3, -0.25) is 4.90 Å². The van der Waals surface area contributed by atoms with Gasteiger partial charge in [-0.05, 0) is 215 Å². The zero-order chi connectivity index (χ0) is 91.6. The number of methoxy groups -OCH3 is 2. The van der Waals surface area contributed by atoms with E-state index >= 15 is 0 Å². The molecule has 4 aliphatic rings. The summed E-state index contributed by atoms with van der Waals surface area (Å²) in [6.07, 6.45) is 6.41. The number of carbonyl (C=O) groups excluding carboxylic acids is 6. The lowest BCUT2D eigenvalue weighted by molar-refractivity contribution is -0.158. The van der Waals surface area contributed by atoms with Gasteiger partial charge in [0.15, 0.2) is 0 Å². The molecule has 12 rings (SSSR count). The van der Waals surface area contributed by atoms with Crippen LogP contribution < -0.4 is 31.3 Å². The first-order valence-corrected chi connectivity index (χ1v) is 45.9. The molecule has 8 aromatic rings. The summed E-state index contributed by atoms with van der Waals surface area (Å²) in [5, 5.41) is 15.2. The third-order valence-corrected chi connectivity index (χ3v) is 25.0. The van der Waals surface area contributed by atoms with Gasteiger partial charge in [0, 0.05) is 142 Å². The molecule has 0 aliphatic carbocycles. The highest BCUT2D eigenvalue weighted by atomic mass is 127. The predicted molar refractivity (Wildman–Crippen MR) is 504 cm³/mol. The highest BCUT2D eigenvalue weighted by Gasteiger charge is 2.36. The smallest absolute Gasteiger partial charge is 0.416 e. The van der Waals surface area contributed by atoms with Crippen molar-refractivity contribution in [1.29, 1.82) is 0 Å². The first-order valence-electron chi connectivity index (χ1n) is 44.1. The van der Waals surface area contributed by atoms with Crippen LogP contribution in [0.4, 0.5) is 63.9 Å². The Labute approximate surface area is 769 Å². The molecule has 4 heterocycles. The summed E-state index contributed by atoms with van der Waals surface area (Å²) in [6.45, 7) is 24.0. The molecular formula is C98H124Cl2F5IN12O9. The van der Waals surface area contributed by atoms with Gasteiger partial charge in [-0.25, -0.2) is 28.8 Å². The number of anilines is 4. The van der Waals surface area contributed by atoms with Crippen molar-refractivity contribution in [3.05, 3.63) is 253 Å². The van der Waals surface area contributed by atoms with Crippen molar-refractivity contribution in [3.8, 4) is 5.75 Å². The minimum atomic E-state index is -4.44. The molecule has 4 saturated heterocycles. The molecule has 3 atom stereocenters. The van der Waals surface area contributed by atoms with E-state index in [0.717, 1.165) is 161 Å². The van der Waals surface area contributed by atoms with Crippen LogP contribution in [0.5, 0.6) is 5.75 Å². The number of hydrogen-bond donors (Lipinski definition) is 5. The van der Waals surface area contributed by atoms with Crippen molar-refractivity contribution >= 4 is 105 Å². The van der Waals surface area contributed by atoms with E-state index in [1.165, 1.54) is 64.2 Å². The Hall–Kier alpha value is -9.62. The van der Waals surface area contributed by atoms with Crippen LogP contribution in [-0.4, -0.2) is 185 Å². The maximum Gasteiger partial charge on any atom is 0.416 e. The number of piperidine rings is 4. The Kier molecular flexibility index (Phi) is 40.6. The van der Waals surface area contributed by atoms with Crippen molar-refractivity contribution in [1.82, 2.24) is 39.6 Å². The van der Waals surface area contributed by atoms with Gasteiger partial charge in [-0.2, -0.15) is 22.0 Å². The van der Waals surface area contributed by atoms with E-state index in [-0.39, 0.29) is 65.4 Å². The summed E-state index contributed by atoms with van der Waals surface area (Å²) in [4.78, 5) is 91.5. The summed E-state index contributed by atoms with van der Waals surface area (Å²) in [5.41, 5.74) is 5.90. The third-order valence-electron chi connectivity index (χ3n) is 23.5. The molecule has 0 aromatic heterocycles. The van der Waals surface area contributed by atoms with Crippen LogP contribution >= 0.6 is 45.8 Å². The number of hydrogen-bond acceptors (Lipinski definition) is 13. The number of benzene rings is 8. The topological polar surface area (TPSA) is 213 Å². The van der Waals surface area contributed by atoms with Crippen LogP contribution in [0.1, 0.15) is 187 Å². The number of alkyl halides is 5. The Morgan fingerprint density at radius 3 is 1.27 bits per heavy atom. The molecule has 686 valence electrons. The minimum absolute atomic E-state index is 0.0126. The second-order valence-corrected chi connectivity index (χ2v) is 35.0. The number of para-hydroxylation sites is 2. The number of nitrogens with zero attached hydrogens (tertiary/aromatic N) is 7. The highest BCUT2D eigenvalue weighted by Crippen LogP contribution is 2.35.